The second-order valence-corrected chi connectivity index (χ2v) is 3.30. The van der Waals surface area contributed by atoms with Crippen molar-refractivity contribution in [3.8, 4) is 5.75 Å². The molecule has 1 aromatic carbocycles. The van der Waals surface area contributed by atoms with E-state index < -0.39 is 0 Å². The molecule has 2 heteroatoms. The molecule has 0 spiro atoms. The fraction of sp³-hybridized carbons (Fsp3) is 0.267. The van der Waals surface area contributed by atoms with Crippen molar-refractivity contribution in [3.05, 3.63) is 54.8 Å². The molecule has 0 unspecified atom stereocenters. The standard InChI is InChI=1S/C13H14O2.C2H6/c1-4-11(3)15-13-7-5-6-12(9-13)8-10(2)14;1-2/h4-7,9H,1,3,8H2,2H3;1-2H3. The van der Waals surface area contributed by atoms with Gasteiger partial charge in [0.05, 0.1) is 0 Å². The van der Waals surface area contributed by atoms with Crippen LogP contribution in [0.1, 0.15) is 26.3 Å². The summed E-state index contributed by atoms with van der Waals surface area (Å²) in [5.74, 6) is 1.31. The third-order valence-electron chi connectivity index (χ3n) is 1.83. The Bertz CT molecular complexity index is 392. The van der Waals surface area contributed by atoms with Crippen LogP contribution in [0.5, 0.6) is 5.75 Å². The minimum absolute atomic E-state index is 0.134. The maximum absolute atomic E-state index is 10.9. The van der Waals surface area contributed by atoms with Crippen LogP contribution in [0, 0.1) is 0 Å². The Hall–Kier alpha value is -1.83. The van der Waals surface area contributed by atoms with Crippen molar-refractivity contribution >= 4 is 5.78 Å². The van der Waals surface area contributed by atoms with E-state index in [1.165, 1.54) is 6.08 Å². The van der Waals surface area contributed by atoms with Gasteiger partial charge < -0.3 is 4.74 Å². The van der Waals surface area contributed by atoms with Gasteiger partial charge in [0.25, 0.3) is 0 Å². The molecule has 0 saturated heterocycles. The summed E-state index contributed by atoms with van der Waals surface area (Å²) in [7, 11) is 0. The zero-order valence-corrected chi connectivity index (χ0v) is 10.8. The van der Waals surface area contributed by atoms with Crippen LogP contribution in [-0.2, 0) is 11.2 Å². The van der Waals surface area contributed by atoms with Gasteiger partial charge in [0.1, 0.15) is 17.3 Å². The topological polar surface area (TPSA) is 26.3 Å². The van der Waals surface area contributed by atoms with E-state index in [0.29, 0.717) is 17.9 Å². The summed E-state index contributed by atoms with van der Waals surface area (Å²) >= 11 is 0. The molecular formula is C15H20O2. The lowest BCUT2D eigenvalue weighted by atomic mass is 10.1. The molecule has 0 fully saturated rings. The molecule has 2 nitrogen and oxygen atoms in total. The highest BCUT2D eigenvalue weighted by Crippen LogP contribution is 2.16. The monoisotopic (exact) mass is 232 g/mol. The largest absolute Gasteiger partial charge is 0.458 e. The van der Waals surface area contributed by atoms with Gasteiger partial charge in [-0.2, -0.15) is 0 Å². The molecule has 0 bridgehead atoms. The van der Waals surface area contributed by atoms with Crippen molar-refractivity contribution in [3.63, 3.8) is 0 Å². The minimum Gasteiger partial charge on any atom is -0.458 e. The van der Waals surface area contributed by atoms with Gasteiger partial charge in [-0.25, -0.2) is 0 Å². The highest BCUT2D eigenvalue weighted by Gasteiger charge is 2.00. The normalized spacial score (nSPS) is 8.65. The smallest absolute Gasteiger partial charge is 0.134 e. The lowest BCUT2D eigenvalue weighted by Crippen LogP contribution is -1.97. The van der Waals surface area contributed by atoms with Crippen molar-refractivity contribution < 1.29 is 9.53 Å². The van der Waals surface area contributed by atoms with Crippen LogP contribution in [0.15, 0.2) is 49.3 Å². The second-order valence-electron chi connectivity index (χ2n) is 3.30. The molecule has 0 amide bonds. The molecule has 0 aliphatic heterocycles. The fourth-order valence-electron chi connectivity index (χ4n) is 1.20. The van der Waals surface area contributed by atoms with Crippen LogP contribution in [0.3, 0.4) is 0 Å². The maximum Gasteiger partial charge on any atom is 0.134 e. The first-order chi connectivity index (χ1) is 8.11. The summed E-state index contributed by atoms with van der Waals surface area (Å²) in [6.45, 7) is 12.8. The lowest BCUT2D eigenvalue weighted by molar-refractivity contribution is -0.116. The van der Waals surface area contributed by atoms with E-state index in [4.69, 9.17) is 4.74 Å². The first-order valence-corrected chi connectivity index (χ1v) is 5.69. The molecule has 0 N–H and O–H groups in total. The zero-order chi connectivity index (χ0) is 13.3. The van der Waals surface area contributed by atoms with Crippen LogP contribution in [0.2, 0.25) is 0 Å². The summed E-state index contributed by atoms with van der Waals surface area (Å²) in [6, 6.07) is 7.39. The number of benzene rings is 1. The highest BCUT2D eigenvalue weighted by molar-refractivity contribution is 5.78. The fourth-order valence-corrected chi connectivity index (χ4v) is 1.20. The number of hydrogen-bond donors (Lipinski definition) is 0. The Balaban J connectivity index is 0.00000121. The van der Waals surface area contributed by atoms with Gasteiger partial charge in [-0.3, -0.25) is 4.79 Å². The predicted octanol–water partition coefficient (Wildman–Crippen LogP) is 3.92. The number of carbonyl (C=O) groups is 1. The van der Waals surface area contributed by atoms with Crippen molar-refractivity contribution in [1.29, 1.82) is 0 Å². The molecular weight excluding hydrogens is 212 g/mol. The van der Waals surface area contributed by atoms with Crippen molar-refractivity contribution in [1.82, 2.24) is 0 Å². The molecule has 92 valence electrons. The van der Waals surface area contributed by atoms with E-state index in [0.717, 1.165) is 5.56 Å². The van der Waals surface area contributed by atoms with Crippen molar-refractivity contribution in [2.75, 3.05) is 0 Å². The van der Waals surface area contributed by atoms with E-state index in [1.807, 2.05) is 38.1 Å². The Morgan fingerprint density at radius 3 is 2.59 bits per heavy atom. The molecule has 0 atom stereocenters. The van der Waals surface area contributed by atoms with Crippen LogP contribution in [0.4, 0.5) is 0 Å². The third-order valence-corrected chi connectivity index (χ3v) is 1.83. The second kappa shape index (κ2) is 8.34. The summed E-state index contributed by atoms with van der Waals surface area (Å²) < 4.78 is 5.36. The zero-order valence-electron chi connectivity index (χ0n) is 10.8. The van der Waals surface area contributed by atoms with Gasteiger partial charge in [-0.15, -0.1) is 0 Å². The van der Waals surface area contributed by atoms with Gasteiger partial charge >= 0.3 is 0 Å². The average molecular weight is 232 g/mol. The molecule has 17 heavy (non-hydrogen) atoms. The Morgan fingerprint density at radius 2 is 2.06 bits per heavy atom. The van der Waals surface area contributed by atoms with E-state index in [-0.39, 0.29) is 5.78 Å². The van der Waals surface area contributed by atoms with Crippen molar-refractivity contribution in [2.45, 2.75) is 27.2 Å². The molecule has 1 aromatic rings. The number of allylic oxidation sites excluding steroid dienone is 1. The predicted molar refractivity (Wildman–Crippen MR) is 72.1 cm³/mol. The molecule has 0 aromatic heterocycles. The number of rotatable bonds is 5. The number of ether oxygens (including phenoxy) is 1. The number of hydrogen-bond acceptors (Lipinski definition) is 2. The molecule has 0 aliphatic rings. The summed E-state index contributed by atoms with van der Waals surface area (Å²) in [5, 5.41) is 0. The van der Waals surface area contributed by atoms with Gasteiger partial charge in [0.15, 0.2) is 0 Å². The number of ketones is 1. The first-order valence-electron chi connectivity index (χ1n) is 5.69. The van der Waals surface area contributed by atoms with Gasteiger partial charge in [0, 0.05) is 6.42 Å². The van der Waals surface area contributed by atoms with E-state index in [9.17, 15) is 4.79 Å². The molecule has 0 heterocycles. The van der Waals surface area contributed by atoms with E-state index in [1.54, 1.807) is 6.92 Å². The molecule has 0 aliphatic carbocycles. The van der Waals surface area contributed by atoms with Crippen LogP contribution in [0.25, 0.3) is 0 Å². The van der Waals surface area contributed by atoms with Crippen LogP contribution < -0.4 is 4.74 Å². The van der Waals surface area contributed by atoms with Crippen LogP contribution in [-0.4, -0.2) is 5.78 Å². The summed E-state index contributed by atoms with van der Waals surface area (Å²) in [6.07, 6.45) is 1.97. The third kappa shape index (κ3) is 6.36. The quantitative estimate of drug-likeness (QED) is 0.568. The Labute approximate surface area is 104 Å². The van der Waals surface area contributed by atoms with Crippen LogP contribution >= 0.6 is 0 Å². The number of carbonyl (C=O) groups excluding carboxylic acids is 1. The highest BCUT2D eigenvalue weighted by atomic mass is 16.5. The average Bonchev–Trinajstić information content (AvgIpc) is 2.31. The summed E-state index contributed by atoms with van der Waals surface area (Å²) in [5.41, 5.74) is 0.942. The van der Waals surface area contributed by atoms with Crippen molar-refractivity contribution in [2.24, 2.45) is 0 Å². The number of Topliss-reactive ketones (excluding diaryl/α,β-unsaturated/α-hetero) is 1. The molecule has 0 saturated carbocycles. The van der Waals surface area contributed by atoms with E-state index >= 15 is 0 Å². The molecule has 1 rings (SSSR count). The van der Waals surface area contributed by atoms with Gasteiger partial charge in [-0.1, -0.05) is 39.1 Å². The lowest BCUT2D eigenvalue weighted by Gasteiger charge is -2.06. The Morgan fingerprint density at radius 1 is 1.41 bits per heavy atom. The molecule has 0 radical (unpaired) electrons. The SMILES string of the molecule is C=CC(=C)Oc1cccc(CC(C)=O)c1.CC. The Kier molecular flexibility index (Phi) is 7.44. The summed E-state index contributed by atoms with van der Waals surface area (Å²) in [4.78, 5) is 10.9. The van der Waals surface area contributed by atoms with Gasteiger partial charge in [0.2, 0.25) is 0 Å². The minimum atomic E-state index is 0.134. The van der Waals surface area contributed by atoms with E-state index in [2.05, 4.69) is 13.2 Å². The maximum atomic E-state index is 10.9. The first kappa shape index (κ1) is 15.2. The van der Waals surface area contributed by atoms with Gasteiger partial charge in [-0.05, 0) is 30.7 Å².